The number of rotatable bonds is 5. The maximum atomic E-state index is 12.5. The van der Waals surface area contributed by atoms with E-state index in [9.17, 15) is 14.7 Å². The van der Waals surface area contributed by atoms with Crippen molar-refractivity contribution >= 4 is 24.2 Å². The Labute approximate surface area is 188 Å². The fourth-order valence-corrected chi connectivity index (χ4v) is 3.91. The molecule has 0 radical (unpaired) electrons. The Morgan fingerprint density at radius 1 is 1.06 bits per heavy atom. The molecule has 1 fully saturated rings. The lowest BCUT2D eigenvalue weighted by molar-refractivity contribution is 0.0303. The second kappa shape index (κ2) is 10.7. The Hall–Kier alpha value is -2.45. The zero-order valence-electron chi connectivity index (χ0n) is 17.3. The van der Waals surface area contributed by atoms with Gasteiger partial charge in [0.15, 0.2) is 0 Å². The normalized spacial score (nSPS) is 19.0. The first-order valence-electron chi connectivity index (χ1n) is 10.4. The number of aliphatic hydroxyl groups is 1. The predicted molar refractivity (Wildman–Crippen MR) is 120 cm³/mol. The summed E-state index contributed by atoms with van der Waals surface area (Å²) in [4.78, 5) is 26.7. The van der Waals surface area contributed by atoms with Gasteiger partial charge in [-0.1, -0.05) is 24.3 Å². The molecular weight excluding hydrogens is 418 g/mol. The van der Waals surface area contributed by atoms with E-state index in [2.05, 4.69) is 22.8 Å². The molecule has 2 aromatic carbocycles. The van der Waals surface area contributed by atoms with Crippen molar-refractivity contribution in [2.75, 3.05) is 32.8 Å². The molecule has 1 saturated heterocycles. The number of fused-ring (bicyclic) bond motifs is 1. The highest BCUT2D eigenvalue weighted by Crippen LogP contribution is 2.18. The van der Waals surface area contributed by atoms with Crippen LogP contribution < -0.4 is 10.6 Å². The number of hydrogen-bond donors (Lipinski definition) is 3. The molecule has 2 aliphatic rings. The summed E-state index contributed by atoms with van der Waals surface area (Å²) in [5.41, 5.74) is 3.49. The maximum absolute atomic E-state index is 12.5. The molecule has 0 unspecified atom stereocenters. The van der Waals surface area contributed by atoms with Crippen molar-refractivity contribution < 1.29 is 19.4 Å². The first-order chi connectivity index (χ1) is 14.6. The smallest absolute Gasteiger partial charge is 0.254 e. The lowest BCUT2D eigenvalue weighted by Crippen LogP contribution is -2.49. The minimum atomic E-state index is -0.690. The molecule has 0 spiro atoms. The highest BCUT2D eigenvalue weighted by Gasteiger charge is 2.25. The van der Waals surface area contributed by atoms with Crippen LogP contribution in [0, 0.1) is 0 Å². The Kier molecular flexibility index (Phi) is 8.03. The fraction of sp³-hybridized carbons (Fsp3) is 0.391. The molecule has 2 atom stereocenters. The van der Waals surface area contributed by atoms with Gasteiger partial charge in [0.1, 0.15) is 0 Å². The topological polar surface area (TPSA) is 90.9 Å². The Morgan fingerprint density at radius 3 is 2.42 bits per heavy atom. The number of benzene rings is 2. The van der Waals surface area contributed by atoms with E-state index in [0.717, 1.165) is 6.42 Å². The monoisotopic (exact) mass is 445 g/mol. The summed E-state index contributed by atoms with van der Waals surface area (Å²) >= 11 is 0. The number of carbonyl (C=O) groups excluding carboxylic acids is 2. The standard InChI is InChI=1S/C23H27N3O4.ClH/c27-21(20-13-18-3-1-2-4-19(18)14-24-20)15-25-22(28)16-5-7-17(8-6-16)23(29)26-9-11-30-12-10-26;/h1-8,20-21,24,27H,9-15H2,(H,25,28);1H/t20-,21-;/m1./s1. The summed E-state index contributed by atoms with van der Waals surface area (Å²) in [5, 5.41) is 16.6. The number of morpholine rings is 1. The Morgan fingerprint density at radius 2 is 1.71 bits per heavy atom. The van der Waals surface area contributed by atoms with Gasteiger partial charge in [0.2, 0.25) is 0 Å². The van der Waals surface area contributed by atoms with Crippen molar-refractivity contribution in [1.29, 1.82) is 0 Å². The van der Waals surface area contributed by atoms with Gasteiger partial charge in [-0.15, -0.1) is 12.4 Å². The van der Waals surface area contributed by atoms with E-state index in [1.807, 2.05) is 12.1 Å². The lowest BCUT2D eigenvalue weighted by atomic mass is 9.93. The first-order valence-corrected chi connectivity index (χ1v) is 10.4. The van der Waals surface area contributed by atoms with Crippen LogP contribution in [0.5, 0.6) is 0 Å². The number of halogens is 1. The van der Waals surface area contributed by atoms with Crippen LogP contribution in [0.3, 0.4) is 0 Å². The van der Waals surface area contributed by atoms with E-state index < -0.39 is 6.10 Å². The van der Waals surface area contributed by atoms with E-state index in [0.29, 0.717) is 44.0 Å². The molecule has 0 bridgehead atoms. The van der Waals surface area contributed by atoms with Gasteiger partial charge >= 0.3 is 0 Å². The van der Waals surface area contributed by atoms with Gasteiger partial charge in [0, 0.05) is 43.3 Å². The number of nitrogens with one attached hydrogen (secondary N) is 2. The van der Waals surface area contributed by atoms with Gasteiger partial charge in [0.05, 0.1) is 19.3 Å². The van der Waals surface area contributed by atoms with Crippen molar-refractivity contribution in [2.45, 2.75) is 25.1 Å². The molecule has 4 rings (SSSR count). The van der Waals surface area contributed by atoms with Crippen LogP contribution in [-0.2, 0) is 17.7 Å². The molecule has 0 saturated carbocycles. The van der Waals surface area contributed by atoms with Gasteiger partial charge in [-0.2, -0.15) is 0 Å². The van der Waals surface area contributed by atoms with Crippen molar-refractivity contribution in [3.05, 3.63) is 70.8 Å². The molecule has 7 nitrogen and oxygen atoms in total. The Balaban J connectivity index is 0.00000272. The van der Waals surface area contributed by atoms with Gasteiger partial charge in [-0.25, -0.2) is 0 Å². The summed E-state index contributed by atoms with van der Waals surface area (Å²) in [6.45, 7) is 3.14. The molecule has 2 aliphatic heterocycles. The van der Waals surface area contributed by atoms with Gasteiger partial charge in [-0.3, -0.25) is 9.59 Å². The number of ether oxygens (including phenoxy) is 1. The molecule has 166 valence electrons. The van der Waals surface area contributed by atoms with E-state index in [4.69, 9.17) is 4.74 Å². The molecule has 2 amide bonds. The van der Waals surface area contributed by atoms with Gasteiger partial charge in [-0.05, 0) is 41.8 Å². The molecule has 0 aromatic heterocycles. The lowest BCUT2D eigenvalue weighted by Gasteiger charge is -2.30. The summed E-state index contributed by atoms with van der Waals surface area (Å²) in [7, 11) is 0. The SMILES string of the molecule is Cl.O=C(NC[C@@H](O)[C@H]1Cc2ccccc2CN1)c1ccc(C(=O)N2CCOCC2)cc1. The largest absolute Gasteiger partial charge is 0.390 e. The summed E-state index contributed by atoms with van der Waals surface area (Å²) in [6.07, 6.45) is 0.0374. The van der Waals surface area contributed by atoms with Crippen molar-refractivity contribution in [3.8, 4) is 0 Å². The summed E-state index contributed by atoms with van der Waals surface area (Å²) in [5.74, 6) is -0.319. The highest BCUT2D eigenvalue weighted by molar-refractivity contribution is 5.97. The molecule has 8 heteroatoms. The van der Waals surface area contributed by atoms with E-state index in [1.54, 1.807) is 29.2 Å². The molecule has 0 aliphatic carbocycles. The highest BCUT2D eigenvalue weighted by atomic mass is 35.5. The van der Waals surface area contributed by atoms with E-state index in [-0.39, 0.29) is 36.8 Å². The van der Waals surface area contributed by atoms with Crippen LogP contribution in [0.1, 0.15) is 31.8 Å². The number of hydrogen-bond acceptors (Lipinski definition) is 5. The van der Waals surface area contributed by atoms with E-state index in [1.165, 1.54) is 11.1 Å². The quantitative estimate of drug-likeness (QED) is 0.647. The van der Waals surface area contributed by atoms with E-state index >= 15 is 0 Å². The van der Waals surface area contributed by atoms with Crippen LogP contribution in [0.25, 0.3) is 0 Å². The summed E-state index contributed by atoms with van der Waals surface area (Å²) in [6, 6.07) is 14.7. The number of nitrogens with zero attached hydrogens (tertiary/aromatic N) is 1. The van der Waals surface area contributed by atoms with Crippen LogP contribution in [-0.4, -0.2) is 66.8 Å². The predicted octanol–water partition coefficient (Wildman–Crippen LogP) is 1.39. The minimum Gasteiger partial charge on any atom is -0.390 e. The zero-order chi connectivity index (χ0) is 20.9. The minimum absolute atomic E-state index is 0. The molecule has 31 heavy (non-hydrogen) atoms. The third-order valence-corrected chi connectivity index (χ3v) is 5.74. The van der Waals surface area contributed by atoms with Gasteiger partial charge < -0.3 is 25.4 Å². The third kappa shape index (κ3) is 5.62. The Bertz CT molecular complexity index is 900. The van der Waals surface area contributed by atoms with Crippen molar-refractivity contribution in [1.82, 2.24) is 15.5 Å². The molecular formula is C23H28ClN3O4. The van der Waals surface area contributed by atoms with Crippen LogP contribution >= 0.6 is 12.4 Å². The van der Waals surface area contributed by atoms with Crippen LogP contribution in [0.4, 0.5) is 0 Å². The molecule has 2 heterocycles. The number of amides is 2. The zero-order valence-corrected chi connectivity index (χ0v) is 18.1. The van der Waals surface area contributed by atoms with Gasteiger partial charge in [0.25, 0.3) is 11.8 Å². The van der Waals surface area contributed by atoms with Crippen molar-refractivity contribution in [3.63, 3.8) is 0 Å². The third-order valence-electron chi connectivity index (χ3n) is 5.74. The van der Waals surface area contributed by atoms with Crippen molar-refractivity contribution in [2.24, 2.45) is 0 Å². The number of carbonyl (C=O) groups is 2. The second-order valence-corrected chi connectivity index (χ2v) is 7.72. The molecule has 3 N–H and O–H groups in total. The molecule has 2 aromatic rings. The first kappa shape index (κ1) is 23.2. The number of aliphatic hydroxyl groups excluding tert-OH is 1. The van der Waals surface area contributed by atoms with Crippen LogP contribution in [0.2, 0.25) is 0 Å². The van der Waals surface area contributed by atoms with Crippen LogP contribution in [0.15, 0.2) is 48.5 Å². The average Bonchev–Trinajstić information content (AvgIpc) is 2.82. The average molecular weight is 446 g/mol. The fourth-order valence-electron chi connectivity index (χ4n) is 3.91. The second-order valence-electron chi connectivity index (χ2n) is 7.72. The maximum Gasteiger partial charge on any atom is 0.254 e. The summed E-state index contributed by atoms with van der Waals surface area (Å²) < 4.78 is 5.27.